The SMILES string of the molecule is Cc1ccc(OC[C@@H](O)[C@H](CO[Si](C)(C)C(C)(C)C)N=[N+]=[N-])cc1.O=C=O. The Morgan fingerprint density at radius 1 is 1.22 bits per heavy atom. The van der Waals surface area contributed by atoms with Crippen molar-refractivity contribution in [3.05, 3.63) is 40.3 Å². The van der Waals surface area contributed by atoms with Gasteiger partial charge in [0.25, 0.3) is 0 Å². The summed E-state index contributed by atoms with van der Waals surface area (Å²) in [5.41, 5.74) is 9.89. The molecule has 9 heteroatoms. The molecule has 0 saturated heterocycles. The Kier molecular flexibility index (Phi) is 10.6. The number of benzene rings is 1. The Hall–Kier alpha value is -2.15. The van der Waals surface area contributed by atoms with E-state index in [-0.39, 0.29) is 24.4 Å². The number of aliphatic hydroxyl groups is 1. The molecule has 1 N–H and O–H groups in total. The van der Waals surface area contributed by atoms with Gasteiger partial charge in [0.2, 0.25) is 0 Å². The number of aliphatic hydroxyl groups excluding tert-OH is 1. The molecule has 150 valence electrons. The molecule has 0 fully saturated rings. The molecule has 2 atom stereocenters. The van der Waals surface area contributed by atoms with Crippen molar-refractivity contribution in [3.63, 3.8) is 0 Å². The quantitative estimate of drug-likeness (QED) is 0.310. The molecule has 0 radical (unpaired) electrons. The number of aryl methyl sites for hydroxylation is 1. The number of rotatable bonds is 8. The number of azide groups is 1. The molecule has 0 aromatic heterocycles. The van der Waals surface area contributed by atoms with Crippen LogP contribution in [-0.4, -0.2) is 44.9 Å². The average Bonchev–Trinajstić information content (AvgIpc) is 2.57. The van der Waals surface area contributed by atoms with E-state index in [4.69, 9.17) is 24.3 Å². The molecule has 0 aliphatic rings. The number of hydrogen-bond donors (Lipinski definition) is 1. The first-order chi connectivity index (χ1) is 12.5. The summed E-state index contributed by atoms with van der Waals surface area (Å²) in [6.07, 6.45) is -0.674. The zero-order chi connectivity index (χ0) is 21.1. The van der Waals surface area contributed by atoms with Crippen molar-refractivity contribution < 1.29 is 23.9 Å². The second-order valence-corrected chi connectivity index (χ2v) is 12.4. The third-order valence-corrected chi connectivity index (χ3v) is 9.01. The van der Waals surface area contributed by atoms with Gasteiger partial charge in [0, 0.05) is 11.5 Å². The molecule has 27 heavy (non-hydrogen) atoms. The van der Waals surface area contributed by atoms with E-state index in [1.807, 2.05) is 31.2 Å². The minimum absolute atomic E-state index is 0.0492. The monoisotopic (exact) mass is 395 g/mol. The number of hydrogen-bond acceptors (Lipinski definition) is 6. The third-order valence-electron chi connectivity index (χ3n) is 4.51. The molecule has 0 unspecified atom stereocenters. The minimum Gasteiger partial charge on any atom is -0.491 e. The van der Waals surface area contributed by atoms with Gasteiger partial charge in [0.15, 0.2) is 8.32 Å². The first-order valence-corrected chi connectivity index (χ1v) is 11.4. The van der Waals surface area contributed by atoms with E-state index in [0.717, 1.165) is 5.56 Å². The van der Waals surface area contributed by atoms with Gasteiger partial charge in [-0.1, -0.05) is 43.6 Å². The molecule has 0 heterocycles. The Labute approximate surface area is 161 Å². The molecule has 0 aliphatic heterocycles. The maximum atomic E-state index is 10.3. The summed E-state index contributed by atoms with van der Waals surface area (Å²) >= 11 is 0. The second kappa shape index (κ2) is 11.5. The molecule has 1 aromatic rings. The van der Waals surface area contributed by atoms with Crippen LogP contribution < -0.4 is 4.74 Å². The van der Waals surface area contributed by atoms with Crippen LogP contribution in [0.3, 0.4) is 0 Å². The van der Waals surface area contributed by atoms with Gasteiger partial charge >= 0.3 is 6.15 Å². The third kappa shape index (κ3) is 9.37. The van der Waals surface area contributed by atoms with Crippen molar-refractivity contribution in [1.82, 2.24) is 0 Å². The number of carbonyl (C=O) groups excluding carboxylic acids is 2. The van der Waals surface area contributed by atoms with Gasteiger partial charge in [0.05, 0.1) is 12.1 Å². The summed E-state index contributed by atoms with van der Waals surface area (Å²) in [7, 11) is -1.97. The molecular weight excluding hydrogens is 366 g/mol. The first kappa shape index (κ1) is 24.8. The maximum absolute atomic E-state index is 10.3. The van der Waals surface area contributed by atoms with Gasteiger partial charge in [-0.2, -0.15) is 9.59 Å². The summed E-state index contributed by atoms with van der Waals surface area (Å²) in [5.74, 6) is 0.671. The van der Waals surface area contributed by atoms with Gasteiger partial charge in [-0.3, -0.25) is 0 Å². The van der Waals surface area contributed by atoms with Crippen molar-refractivity contribution in [3.8, 4) is 5.75 Å². The summed E-state index contributed by atoms with van der Waals surface area (Å²) in [6, 6.07) is 6.89. The molecule has 0 bridgehead atoms. The molecule has 0 spiro atoms. The Balaban J connectivity index is 0.00000210. The van der Waals surface area contributed by atoms with Crippen LogP contribution in [0.2, 0.25) is 18.1 Å². The van der Waals surface area contributed by atoms with E-state index in [2.05, 4.69) is 43.9 Å². The molecule has 0 saturated carbocycles. The smallest absolute Gasteiger partial charge is 0.373 e. The van der Waals surface area contributed by atoms with Crippen LogP contribution in [0.25, 0.3) is 10.4 Å². The highest BCUT2D eigenvalue weighted by atomic mass is 28.4. The normalized spacial score (nSPS) is 13.3. The van der Waals surface area contributed by atoms with Crippen molar-refractivity contribution in [2.24, 2.45) is 5.11 Å². The Morgan fingerprint density at radius 3 is 2.19 bits per heavy atom. The highest BCUT2D eigenvalue weighted by Gasteiger charge is 2.38. The molecule has 0 amide bonds. The van der Waals surface area contributed by atoms with E-state index < -0.39 is 20.5 Å². The van der Waals surface area contributed by atoms with Crippen LogP contribution in [0.15, 0.2) is 29.4 Å². The standard InChI is InChI=1S/C17H29N3O3Si.CO2/c1-13-7-9-14(10-8-13)22-12-16(21)15(19-20-18)11-23-24(5,6)17(2,3)4;2-1-3/h7-10,15-16,21H,11-12H2,1-6H3;/t15-,16+;/m0./s1. The van der Waals surface area contributed by atoms with Crippen molar-refractivity contribution in [2.45, 2.75) is 58.0 Å². The highest BCUT2D eigenvalue weighted by Crippen LogP contribution is 2.36. The zero-order valence-electron chi connectivity index (χ0n) is 16.8. The van der Waals surface area contributed by atoms with Crippen LogP contribution in [0.1, 0.15) is 26.3 Å². The van der Waals surface area contributed by atoms with E-state index in [0.29, 0.717) is 5.75 Å². The molecule has 1 aromatic carbocycles. The van der Waals surface area contributed by atoms with Crippen LogP contribution in [0.5, 0.6) is 5.75 Å². The van der Waals surface area contributed by atoms with Crippen LogP contribution in [-0.2, 0) is 14.0 Å². The van der Waals surface area contributed by atoms with Gasteiger partial charge in [-0.15, -0.1) is 0 Å². The number of ether oxygens (including phenoxy) is 1. The molecule has 0 aliphatic carbocycles. The lowest BCUT2D eigenvalue weighted by Crippen LogP contribution is -2.44. The Bertz CT molecular complexity index is 646. The maximum Gasteiger partial charge on any atom is 0.373 e. The van der Waals surface area contributed by atoms with Crippen molar-refractivity contribution >= 4 is 14.5 Å². The molecular formula is C18H29N3O5Si. The second-order valence-electron chi connectivity index (χ2n) is 7.62. The fraction of sp³-hybridized carbons (Fsp3) is 0.611. The number of nitrogens with zero attached hydrogens (tertiary/aromatic N) is 3. The lowest BCUT2D eigenvalue weighted by atomic mass is 10.2. The van der Waals surface area contributed by atoms with Gasteiger partial charge < -0.3 is 14.3 Å². The van der Waals surface area contributed by atoms with E-state index >= 15 is 0 Å². The fourth-order valence-corrected chi connectivity index (χ4v) is 2.75. The fourth-order valence-electron chi connectivity index (χ4n) is 1.73. The van der Waals surface area contributed by atoms with Crippen LogP contribution in [0, 0.1) is 6.92 Å². The van der Waals surface area contributed by atoms with Crippen LogP contribution in [0.4, 0.5) is 0 Å². The summed E-state index contributed by atoms with van der Waals surface area (Å²) < 4.78 is 11.6. The predicted molar refractivity (Wildman–Crippen MR) is 104 cm³/mol. The summed E-state index contributed by atoms with van der Waals surface area (Å²) in [4.78, 5) is 19.1. The minimum atomic E-state index is -1.97. The lowest BCUT2D eigenvalue weighted by Gasteiger charge is -2.37. The summed E-state index contributed by atoms with van der Waals surface area (Å²) in [6.45, 7) is 12.9. The van der Waals surface area contributed by atoms with Gasteiger partial charge in [-0.05, 0) is 42.7 Å². The van der Waals surface area contributed by atoms with Crippen molar-refractivity contribution in [2.75, 3.05) is 13.2 Å². The average molecular weight is 396 g/mol. The first-order valence-electron chi connectivity index (χ1n) is 8.53. The largest absolute Gasteiger partial charge is 0.491 e. The van der Waals surface area contributed by atoms with Gasteiger partial charge in [-0.25, -0.2) is 0 Å². The van der Waals surface area contributed by atoms with Crippen LogP contribution >= 0.6 is 0 Å². The summed E-state index contributed by atoms with van der Waals surface area (Å²) in [5, 5.41) is 14.0. The van der Waals surface area contributed by atoms with E-state index in [1.165, 1.54) is 0 Å². The molecule has 8 nitrogen and oxygen atoms in total. The van der Waals surface area contributed by atoms with E-state index in [9.17, 15) is 5.11 Å². The Morgan fingerprint density at radius 2 is 1.74 bits per heavy atom. The topological polar surface area (TPSA) is 122 Å². The molecule has 1 rings (SSSR count). The lowest BCUT2D eigenvalue weighted by molar-refractivity contribution is -0.191. The zero-order valence-corrected chi connectivity index (χ0v) is 17.8. The van der Waals surface area contributed by atoms with E-state index in [1.54, 1.807) is 0 Å². The highest BCUT2D eigenvalue weighted by molar-refractivity contribution is 6.74. The van der Waals surface area contributed by atoms with Gasteiger partial charge in [0.1, 0.15) is 12.4 Å². The van der Waals surface area contributed by atoms with Crippen molar-refractivity contribution in [1.29, 1.82) is 0 Å². The predicted octanol–water partition coefficient (Wildman–Crippen LogP) is 3.85.